The molecule has 1 nitrogen and oxygen atoms in total. The van der Waals surface area contributed by atoms with Gasteiger partial charge in [0.1, 0.15) is 0 Å². The van der Waals surface area contributed by atoms with Crippen LogP contribution in [0.5, 0.6) is 0 Å². The minimum atomic E-state index is -0.213. The van der Waals surface area contributed by atoms with Crippen LogP contribution in [0.1, 0.15) is 6.92 Å². The highest BCUT2D eigenvalue weighted by molar-refractivity contribution is 8.39. The van der Waals surface area contributed by atoms with E-state index in [0.29, 0.717) is 6.61 Å². The molecule has 0 aromatic carbocycles. The molecule has 0 aliphatic rings. The molecule has 0 spiro atoms. The summed E-state index contributed by atoms with van der Waals surface area (Å²) < 4.78 is 4.77. The molecular weight excluding hydrogens is 115 g/mol. The summed E-state index contributed by atoms with van der Waals surface area (Å²) in [5.41, 5.74) is -0.213. The van der Waals surface area contributed by atoms with E-state index in [0.717, 1.165) is 0 Å². The zero-order valence-corrected chi connectivity index (χ0v) is 5.38. The third-order valence-electron chi connectivity index (χ3n) is 0.316. The highest BCUT2D eigenvalue weighted by Gasteiger charge is 1.96. The predicted molar refractivity (Wildman–Crippen MR) is 35.4 cm³/mol. The van der Waals surface area contributed by atoms with E-state index >= 15 is 0 Å². The molecule has 0 saturated carbocycles. The monoisotopic (exact) mass is 122 g/mol. The van der Waals surface area contributed by atoms with Gasteiger partial charge in [0, 0.05) is 6.61 Å². The summed E-state index contributed by atoms with van der Waals surface area (Å²) in [5, 5.41) is 0. The van der Waals surface area contributed by atoms with Gasteiger partial charge in [-0.1, -0.05) is 0 Å². The molecule has 0 radical (unpaired) electrons. The van der Waals surface area contributed by atoms with Gasteiger partial charge in [-0.3, -0.25) is 0 Å². The van der Waals surface area contributed by atoms with Crippen LogP contribution in [0.15, 0.2) is 0 Å². The third kappa shape index (κ3) is 4.72. The van der Waals surface area contributed by atoms with Crippen LogP contribution in [-0.2, 0) is 4.65 Å². The van der Waals surface area contributed by atoms with Crippen LogP contribution in [0.4, 0.5) is 0 Å². The molecule has 0 unspecified atom stereocenters. The number of hydrogen-bond acceptors (Lipinski definition) is 3. The molecule has 0 fully saturated rings. The first kappa shape index (κ1) is 6.72. The SMILES string of the molecule is CCOB(S)S. The Morgan fingerprint density at radius 1 is 1.67 bits per heavy atom. The van der Waals surface area contributed by atoms with Crippen molar-refractivity contribution in [3.8, 4) is 0 Å². The highest BCUT2D eigenvalue weighted by atomic mass is 32.2. The third-order valence-corrected chi connectivity index (χ3v) is 0.614. The molecule has 0 bridgehead atoms. The lowest BCUT2D eigenvalue weighted by Crippen LogP contribution is -1.99. The molecule has 0 saturated heterocycles. The standard InChI is InChI=1S/C2H7BOS2/c1-2-4-3(5)6/h5-6H,2H2,1H3. The van der Waals surface area contributed by atoms with Crippen molar-refractivity contribution in [1.29, 1.82) is 0 Å². The summed E-state index contributed by atoms with van der Waals surface area (Å²) in [6.45, 7) is 2.58. The molecular formula is C2H7BOS2. The molecule has 0 heterocycles. The fourth-order valence-electron chi connectivity index (χ4n) is 0.149. The molecule has 0 atom stereocenters. The smallest absolute Gasteiger partial charge is 0.417 e. The second-order valence-electron chi connectivity index (χ2n) is 0.782. The van der Waals surface area contributed by atoms with Crippen LogP contribution >= 0.6 is 25.0 Å². The largest absolute Gasteiger partial charge is 0.425 e. The second kappa shape index (κ2) is 3.90. The maximum atomic E-state index is 4.77. The van der Waals surface area contributed by atoms with E-state index in [2.05, 4.69) is 25.0 Å². The second-order valence-corrected chi connectivity index (χ2v) is 2.13. The lowest BCUT2D eigenvalue weighted by molar-refractivity contribution is 0.368. The maximum Gasteiger partial charge on any atom is 0.425 e. The lowest BCUT2D eigenvalue weighted by atomic mass is 10.5. The minimum absolute atomic E-state index is 0.213. The summed E-state index contributed by atoms with van der Waals surface area (Å²) >= 11 is 7.64. The van der Waals surface area contributed by atoms with E-state index in [9.17, 15) is 0 Å². The minimum Gasteiger partial charge on any atom is -0.417 e. The Hall–Kier alpha value is 0.725. The maximum absolute atomic E-state index is 4.77. The average Bonchev–Trinajstić information content (AvgIpc) is 1.35. The molecule has 0 N–H and O–H groups in total. The van der Waals surface area contributed by atoms with Crippen molar-refractivity contribution in [3.05, 3.63) is 0 Å². The van der Waals surface area contributed by atoms with E-state index < -0.39 is 0 Å². The number of hydrogen-bond donors (Lipinski definition) is 2. The number of thiol groups is 2. The van der Waals surface area contributed by atoms with Crippen LogP contribution in [0.2, 0.25) is 0 Å². The van der Waals surface area contributed by atoms with Crippen molar-refractivity contribution in [2.24, 2.45) is 0 Å². The van der Waals surface area contributed by atoms with Crippen molar-refractivity contribution in [1.82, 2.24) is 0 Å². The number of rotatable bonds is 2. The van der Waals surface area contributed by atoms with E-state index in [1.54, 1.807) is 0 Å². The first-order valence-electron chi connectivity index (χ1n) is 1.75. The fraction of sp³-hybridized carbons (Fsp3) is 1.00. The molecule has 0 aromatic heterocycles. The molecule has 0 aliphatic carbocycles. The van der Waals surface area contributed by atoms with Gasteiger partial charge in [-0.05, 0) is 6.92 Å². The molecule has 0 aliphatic heterocycles. The van der Waals surface area contributed by atoms with Crippen LogP contribution in [0, 0.1) is 0 Å². The van der Waals surface area contributed by atoms with E-state index in [4.69, 9.17) is 4.65 Å². The summed E-state index contributed by atoms with van der Waals surface area (Å²) in [6, 6.07) is 0. The van der Waals surface area contributed by atoms with Gasteiger partial charge in [-0.15, -0.1) is 0 Å². The van der Waals surface area contributed by atoms with Crippen molar-refractivity contribution < 1.29 is 4.65 Å². The normalized spacial score (nSPS) is 8.50. The first-order valence-corrected chi connectivity index (χ1v) is 2.78. The highest BCUT2D eigenvalue weighted by Crippen LogP contribution is 1.93. The van der Waals surface area contributed by atoms with Gasteiger partial charge in [0.05, 0.1) is 0 Å². The Bertz CT molecular complexity index is 32.7. The van der Waals surface area contributed by atoms with Crippen molar-refractivity contribution in [2.75, 3.05) is 6.61 Å². The average molecular weight is 122 g/mol. The fourth-order valence-corrected chi connectivity index (χ4v) is 0.447. The van der Waals surface area contributed by atoms with Gasteiger partial charge in [0.15, 0.2) is 0 Å². The topological polar surface area (TPSA) is 9.23 Å². The van der Waals surface area contributed by atoms with Gasteiger partial charge >= 0.3 is 5.47 Å². The Labute approximate surface area is 49.2 Å². The van der Waals surface area contributed by atoms with Crippen molar-refractivity contribution in [3.63, 3.8) is 0 Å². The molecule has 0 aromatic rings. The van der Waals surface area contributed by atoms with E-state index in [1.807, 2.05) is 6.92 Å². The molecule has 0 amide bonds. The summed E-state index contributed by atoms with van der Waals surface area (Å²) in [6.07, 6.45) is 0. The van der Waals surface area contributed by atoms with E-state index in [-0.39, 0.29) is 5.47 Å². The summed E-state index contributed by atoms with van der Waals surface area (Å²) in [4.78, 5) is 0. The zero-order chi connectivity index (χ0) is 4.99. The summed E-state index contributed by atoms with van der Waals surface area (Å²) in [7, 11) is 0. The lowest BCUT2D eigenvalue weighted by Gasteiger charge is -1.93. The van der Waals surface area contributed by atoms with Crippen LogP contribution in [0.25, 0.3) is 0 Å². The first-order chi connectivity index (χ1) is 2.77. The van der Waals surface area contributed by atoms with Gasteiger partial charge < -0.3 is 4.65 Å². The van der Waals surface area contributed by atoms with Crippen LogP contribution < -0.4 is 0 Å². The predicted octanol–water partition coefficient (Wildman–Crippen LogP) is 0.867. The molecule has 4 heteroatoms. The van der Waals surface area contributed by atoms with Gasteiger partial charge in [0.2, 0.25) is 0 Å². The van der Waals surface area contributed by atoms with Gasteiger partial charge in [-0.25, -0.2) is 0 Å². The van der Waals surface area contributed by atoms with Crippen molar-refractivity contribution >= 4 is 30.4 Å². The Morgan fingerprint density at radius 3 is 2.17 bits per heavy atom. The van der Waals surface area contributed by atoms with E-state index in [1.165, 1.54) is 0 Å². The van der Waals surface area contributed by atoms with Gasteiger partial charge in [0.25, 0.3) is 0 Å². The van der Waals surface area contributed by atoms with Gasteiger partial charge in [-0.2, -0.15) is 25.0 Å². The Balaban J connectivity index is 2.63. The molecule has 36 valence electrons. The Morgan fingerprint density at radius 2 is 2.17 bits per heavy atom. The zero-order valence-electron chi connectivity index (χ0n) is 3.59. The Kier molecular flexibility index (Phi) is 4.37. The summed E-state index contributed by atoms with van der Waals surface area (Å²) in [5.74, 6) is 0. The molecule has 6 heavy (non-hydrogen) atoms. The van der Waals surface area contributed by atoms with Crippen LogP contribution in [0.3, 0.4) is 0 Å². The van der Waals surface area contributed by atoms with Crippen molar-refractivity contribution in [2.45, 2.75) is 6.92 Å². The molecule has 0 rings (SSSR count). The van der Waals surface area contributed by atoms with Crippen LogP contribution in [-0.4, -0.2) is 12.1 Å². The quantitative estimate of drug-likeness (QED) is 0.408.